The van der Waals surface area contributed by atoms with Gasteiger partial charge in [-0.05, 0) is 4.47 Å². The Balaban J connectivity index is -0.000000138. The second-order valence-electron chi connectivity index (χ2n) is 4.67. The summed E-state index contributed by atoms with van der Waals surface area (Å²) >= 11 is 4.87. The van der Waals surface area contributed by atoms with Crippen LogP contribution >= 0.6 is 15.9 Å². The van der Waals surface area contributed by atoms with Crippen LogP contribution in [-0.2, 0) is 23.3 Å². The molecule has 0 fully saturated rings. The van der Waals surface area contributed by atoms with Gasteiger partial charge in [0.1, 0.15) is 0 Å². The predicted molar refractivity (Wildman–Crippen MR) is 123 cm³/mol. The number of fused-ring (bicyclic) bond motifs is 1. The summed E-state index contributed by atoms with van der Waals surface area (Å²) in [7, 11) is 7.00. The molecule has 0 aromatic heterocycles. The maximum absolute atomic E-state index is 3.51. The van der Waals surface area contributed by atoms with E-state index < -0.39 is 0 Å². The van der Waals surface area contributed by atoms with Gasteiger partial charge in [-0.1, -0.05) is 28.9 Å². The quantitative estimate of drug-likeness (QED) is 0.279. The molecule has 2 nitrogen and oxygen atoms in total. The van der Waals surface area contributed by atoms with Crippen molar-refractivity contribution in [1.82, 2.24) is 0 Å². The summed E-state index contributed by atoms with van der Waals surface area (Å²) in [6.07, 6.45) is 10.0. The predicted octanol–water partition coefficient (Wildman–Crippen LogP) is 6.69. The van der Waals surface area contributed by atoms with Crippen LogP contribution in [0.4, 0.5) is 0 Å². The molecule has 0 spiro atoms. The van der Waals surface area contributed by atoms with Crippen LogP contribution in [0.1, 0.15) is 12.0 Å². The summed E-state index contributed by atoms with van der Waals surface area (Å²) in [4.78, 5) is 0. The molecule has 0 N–H and O–H groups in total. The fraction of sp³-hybridized carbons (Fsp3) is 0.286. The van der Waals surface area contributed by atoms with E-state index in [4.69, 9.17) is 0 Å². The molecule has 2 aromatic carbocycles. The van der Waals surface area contributed by atoms with Crippen LogP contribution in [0.3, 0.4) is 0 Å². The molecular weight excluding hydrogens is 479 g/mol. The van der Waals surface area contributed by atoms with Gasteiger partial charge in [-0.2, -0.15) is 40.3 Å². The molecule has 0 unspecified atom stereocenters. The van der Waals surface area contributed by atoms with Crippen LogP contribution in [0.2, 0.25) is 0 Å². The standard InChI is InChI=1S/C10H8Br.C5H5.2C2H6N.2CH3.Si.Zr/c1-7-5-8-3-2-4-10(11)9(8)6-7;1-2-4-5-3-1;2*1-3-2;;;;/h2-6H,1H3;1-3H,4H2;2*1-2H3;2*1H3;;/q6*-1;;. The van der Waals surface area contributed by atoms with Crippen LogP contribution in [0.5, 0.6) is 0 Å². The van der Waals surface area contributed by atoms with Crippen molar-refractivity contribution in [3.05, 3.63) is 90.2 Å². The van der Waals surface area contributed by atoms with Gasteiger partial charge < -0.3 is 25.5 Å². The Kier molecular flexibility index (Phi) is 31.9. The SMILES string of the molecule is C[N-]C.C[N-]C.Cc1cc2c(Br)cccc2[cH-]1.[C-]1=CC=CC1.[CH3-].[CH3-].[Si]=[Zr]. The normalized spacial score (nSPS) is 9.42. The van der Waals surface area contributed by atoms with Crippen LogP contribution in [0.15, 0.2) is 53.0 Å². The van der Waals surface area contributed by atoms with Crippen LogP contribution in [0.25, 0.3) is 21.4 Å². The van der Waals surface area contributed by atoms with Crippen molar-refractivity contribution in [2.45, 2.75) is 13.3 Å². The maximum atomic E-state index is 3.51. The van der Waals surface area contributed by atoms with Crippen molar-refractivity contribution < 1.29 is 23.3 Å². The number of halogens is 1. The Morgan fingerprint density at radius 1 is 1.12 bits per heavy atom. The summed E-state index contributed by atoms with van der Waals surface area (Å²) < 4.78 is 1.18. The van der Waals surface area contributed by atoms with E-state index in [-0.39, 0.29) is 14.9 Å². The van der Waals surface area contributed by atoms with Crippen molar-refractivity contribution in [3.63, 3.8) is 0 Å². The van der Waals surface area contributed by atoms with Crippen molar-refractivity contribution in [3.8, 4) is 0 Å². The summed E-state index contributed by atoms with van der Waals surface area (Å²) in [5, 5.41) is 9.63. The average molecular weight is 511 g/mol. The van der Waals surface area contributed by atoms with E-state index in [0.29, 0.717) is 0 Å². The van der Waals surface area contributed by atoms with Gasteiger partial charge in [0.15, 0.2) is 0 Å². The summed E-state index contributed by atoms with van der Waals surface area (Å²) in [5.41, 5.74) is 1.33. The van der Waals surface area contributed by atoms with Gasteiger partial charge in [0.25, 0.3) is 0 Å². The summed E-state index contributed by atoms with van der Waals surface area (Å²) in [5.74, 6) is 0. The van der Waals surface area contributed by atoms with E-state index in [9.17, 15) is 0 Å². The first kappa shape index (κ1) is 33.4. The molecule has 3 rings (SSSR count). The van der Waals surface area contributed by atoms with Gasteiger partial charge in [-0.15, -0.1) is 41.0 Å². The van der Waals surface area contributed by atoms with Crippen LogP contribution in [0, 0.1) is 27.9 Å². The van der Waals surface area contributed by atoms with E-state index in [1.165, 1.54) is 44.1 Å². The first-order valence-corrected chi connectivity index (χ1v) is 12.3. The van der Waals surface area contributed by atoms with Crippen molar-refractivity contribution >= 4 is 33.6 Å². The molecule has 26 heavy (non-hydrogen) atoms. The molecule has 1 aliphatic rings. The molecular formula is C21H31BrN2SiZr-6. The number of aryl methyl sites for hydroxylation is 1. The second kappa shape index (κ2) is 24.8. The Bertz CT molecular complexity index is 583. The number of hydrogen-bond acceptors (Lipinski definition) is 0. The Hall–Kier alpha value is -0.190. The molecule has 0 aliphatic heterocycles. The van der Waals surface area contributed by atoms with Crippen LogP contribution < -0.4 is 0 Å². The Morgan fingerprint density at radius 3 is 2.00 bits per heavy atom. The molecule has 0 saturated heterocycles. The van der Waals surface area contributed by atoms with Crippen molar-refractivity contribution in [1.29, 1.82) is 0 Å². The molecule has 0 bridgehead atoms. The van der Waals surface area contributed by atoms with E-state index in [2.05, 4.69) is 82.9 Å². The molecule has 1 aliphatic carbocycles. The topological polar surface area (TPSA) is 28.2 Å². The number of nitrogens with zero attached hydrogens (tertiary/aromatic N) is 2. The third kappa shape index (κ3) is 17.2. The van der Waals surface area contributed by atoms with Gasteiger partial charge in [0.05, 0.1) is 0 Å². The molecule has 5 heteroatoms. The molecule has 0 amide bonds. The fourth-order valence-electron chi connectivity index (χ4n) is 1.69. The van der Waals surface area contributed by atoms with E-state index >= 15 is 0 Å². The van der Waals surface area contributed by atoms with Crippen molar-refractivity contribution in [2.24, 2.45) is 0 Å². The monoisotopic (exact) mass is 508 g/mol. The first-order chi connectivity index (χ1) is 11.6. The minimum atomic E-state index is 0. The third-order valence-electron chi connectivity index (χ3n) is 2.43. The number of hydrogen-bond donors (Lipinski definition) is 0. The third-order valence-corrected chi connectivity index (χ3v) is 3.12. The average Bonchev–Trinajstić information content (AvgIpc) is 3.24. The number of allylic oxidation sites excluding steroid dienone is 4. The number of rotatable bonds is 0. The van der Waals surface area contributed by atoms with E-state index in [1.54, 1.807) is 28.2 Å². The summed E-state index contributed by atoms with van der Waals surface area (Å²) in [6, 6.07) is 10.7. The zero-order valence-electron chi connectivity index (χ0n) is 17.1. The van der Waals surface area contributed by atoms with Crippen LogP contribution in [-0.4, -0.2) is 35.1 Å². The number of benzene rings is 1. The Labute approximate surface area is 187 Å². The van der Waals surface area contributed by atoms with Gasteiger partial charge >= 0.3 is 30.2 Å². The summed E-state index contributed by atoms with van der Waals surface area (Å²) in [6.45, 7) is 5.18. The van der Waals surface area contributed by atoms with Gasteiger partial charge in [0, 0.05) is 0 Å². The molecule has 2 aromatic rings. The fourth-order valence-corrected chi connectivity index (χ4v) is 2.18. The molecule has 0 heterocycles. The van der Waals surface area contributed by atoms with Gasteiger partial charge in [-0.25, -0.2) is 12.2 Å². The van der Waals surface area contributed by atoms with E-state index in [1.807, 2.05) is 12.2 Å². The van der Waals surface area contributed by atoms with Gasteiger partial charge in [-0.3, -0.25) is 6.08 Å². The zero-order valence-corrected chi connectivity index (χ0v) is 22.1. The van der Waals surface area contributed by atoms with Gasteiger partial charge in [0.2, 0.25) is 0 Å². The molecule has 146 valence electrons. The van der Waals surface area contributed by atoms with Crippen molar-refractivity contribution in [2.75, 3.05) is 28.2 Å². The zero-order chi connectivity index (χ0) is 18.8. The molecule has 2 radical (unpaired) electrons. The Morgan fingerprint density at radius 2 is 1.65 bits per heavy atom. The minimum absolute atomic E-state index is 0. The molecule has 0 atom stereocenters. The second-order valence-corrected chi connectivity index (χ2v) is 5.53. The van der Waals surface area contributed by atoms with E-state index in [0.717, 1.165) is 6.42 Å². The molecule has 0 saturated carbocycles. The first-order valence-electron chi connectivity index (χ1n) is 7.34.